The number of aryl methyl sites for hydroxylation is 1. The van der Waals surface area contributed by atoms with Crippen LogP contribution >= 0.6 is 0 Å². The molecular weight excluding hydrogens is 312 g/mol. The van der Waals surface area contributed by atoms with Crippen LogP contribution < -0.4 is 5.32 Å². The first-order chi connectivity index (χ1) is 10.8. The molecule has 1 aromatic rings. The van der Waals surface area contributed by atoms with Crippen molar-refractivity contribution in [3.63, 3.8) is 0 Å². The maximum absolute atomic E-state index is 12.5. The van der Waals surface area contributed by atoms with Crippen LogP contribution in [0.1, 0.15) is 38.2 Å². The average molecular weight is 334 g/mol. The van der Waals surface area contributed by atoms with Gasteiger partial charge in [-0.15, -0.1) is 0 Å². The number of rotatable bonds is 3. The quantitative estimate of drug-likeness (QED) is 0.921. The predicted molar refractivity (Wildman–Crippen MR) is 89.2 cm³/mol. The lowest BCUT2D eigenvalue weighted by atomic mass is 9.77. The summed E-state index contributed by atoms with van der Waals surface area (Å²) in [5.41, 5.74) is 0.401. The van der Waals surface area contributed by atoms with E-state index in [9.17, 15) is 13.2 Å². The van der Waals surface area contributed by atoms with E-state index in [-0.39, 0.29) is 17.6 Å². The number of amidine groups is 1. The van der Waals surface area contributed by atoms with Gasteiger partial charge in [-0.1, -0.05) is 17.7 Å². The molecule has 23 heavy (non-hydrogen) atoms. The second-order valence-electron chi connectivity index (χ2n) is 6.72. The van der Waals surface area contributed by atoms with Gasteiger partial charge in [-0.3, -0.25) is 9.79 Å². The molecule has 0 atom stereocenters. The Balaban J connectivity index is 1.67. The number of hydrogen-bond donors (Lipinski definition) is 1. The second kappa shape index (κ2) is 5.74. The number of nitrogens with one attached hydrogen (secondary N) is 1. The fourth-order valence-electron chi connectivity index (χ4n) is 3.49. The number of amides is 1. The van der Waals surface area contributed by atoms with Crippen LogP contribution in [0, 0.1) is 12.8 Å². The van der Waals surface area contributed by atoms with Gasteiger partial charge in [0.15, 0.2) is 9.84 Å². The third-order valence-electron chi connectivity index (χ3n) is 4.87. The lowest BCUT2D eigenvalue weighted by Crippen LogP contribution is -2.43. The third-order valence-corrected chi connectivity index (χ3v) is 6.77. The van der Waals surface area contributed by atoms with Gasteiger partial charge in [-0.05, 0) is 57.6 Å². The Morgan fingerprint density at radius 1 is 1.17 bits per heavy atom. The molecule has 0 unspecified atom stereocenters. The number of carbonyl (C=O) groups excluding carboxylic acids is 1. The molecule has 1 aliphatic heterocycles. The summed E-state index contributed by atoms with van der Waals surface area (Å²) in [7, 11) is -3.27. The molecule has 3 rings (SSSR count). The van der Waals surface area contributed by atoms with Gasteiger partial charge in [0.25, 0.3) is 5.91 Å². The Hall–Kier alpha value is -1.69. The Morgan fingerprint density at radius 3 is 2.30 bits per heavy atom. The first-order valence-corrected chi connectivity index (χ1v) is 9.63. The van der Waals surface area contributed by atoms with Crippen LogP contribution in [0.5, 0.6) is 0 Å². The van der Waals surface area contributed by atoms with Crippen LogP contribution in [0.25, 0.3) is 0 Å². The molecule has 1 amide bonds. The van der Waals surface area contributed by atoms with Crippen LogP contribution in [0.4, 0.5) is 0 Å². The largest absolute Gasteiger partial charge is 0.313 e. The highest BCUT2D eigenvalue weighted by Crippen LogP contribution is 2.38. The highest BCUT2D eigenvalue weighted by molar-refractivity contribution is 7.91. The Morgan fingerprint density at radius 2 is 1.78 bits per heavy atom. The minimum absolute atomic E-state index is 0.0326. The Kier molecular flexibility index (Phi) is 4.04. The summed E-state index contributed by atoms with van der Waals surface area (Å²) < 4.78 is 25.1. The van der Waals surface area contributed by atoms with Crippen LogP contribution in [0.2, 0.25) is 0 Å². The normalized spacial score (nSPS) is 27.8. The maximum atomic E-state index is 12.5. The summed E-state index contributed by atoms with van der Waals surface area (Å²) in [4.78, 5) is 16.9. The number of sulfone groups is 1. The van der Waals surface area contributed by atoms with E-state index in [0.29, 0.717) is 23.6 Å². The smallest absolute Gasteiger partial charge is 0.253 e. The molecule has 1 saturated carbocycles. The first kappa shape index (κ1) is 16.2. The number of carbonyl (C=O) groups is 1. The molecule has 1 aromatic carbocycles. The summed E-state index contributed by atoms with van der Waals surface area (Å²) in [6, 6.07) is 6.99. The van der Waals surface area contributed by atoms with Crippen molar-refractivity contribution < 1.29 is 13.2 Å². The van der Waals surface area contributed by atoms with Crippen molar-refractivity contribution in [2.75, 3.05) is 5.75 Å². The van der Waals surface area contributed by atoms with Crippen molar-refractivity contribution in [3.05, 3.63) is 29.8 Å². The van der Waals surface area contributed by atoms with Crippen molar-refractivity contribution in [2.24, 2.45) is 10.9 Å². The summed E-state index contributed by atoms with van der Waals surface area (Å²) in [5.74, 6) is 0.877. The monoisotopic (exact) mass is 334 g/mol. The number of benzene rings is 1. The molecular formula is C17H22N2O3S. The molecule has 0 bridgehead atoms. The van der Waals surface area contributed by atoms with E-state index < -0.39 is 15.4 Å². The average Bonchev–Trinajstić information content (AvgIpc) is 2.76. The van der Waals surface area contributed by atoms with Crippen LogP contribution in [0.15, 0.2) is 34.2 Å². The third kappa shape index (κ3) is 3.17. The molecule has 1 spiro atoms. The molecule has 0 aromatic heterocycles. The number of aliphatic imine (C=N–C) groups is 1. The fraction of sp³-hybridized carbons (Fsp3) is 0.529. The zero-order valence-corrected chi connectivity index (χ0v) is 14.3. The van der Waals surface area contributed by atoms with Crippen molar-refractivity contribution in [1.82, 2.24) is 5.32 Å². The molecule has 0 saturated heterocycles. The second-order valence-corrected chi connectivity index (χ2v) is 8.75. The Bertz CT molecular complexity index is 743. The van der Waals surface area contributed by atoms with E-state index in [2.05, 4.69) is 10.3 Å². The zero-order valence-electron chi connectivity index (χ0n) is 13.5. The minimum atomic E-state index is -3.27. The minimum Gasteiger partial charge on any atom is -0.313 e. The highest BCUT2D eigenvalue weighted by atomic mass is 32.2. The van der Waals surface area contributed by atoms with Gasteiger partial charge < -0.3 is 5.32 Å². The summed E-state index contributed by atoms with van der Waals surface area (Å²) >= 11 is 0. The van der Waals surface area contributed by atoms with Gasteiger partial charge in [0.1, 0.15) is 11.4 Å². The standard InChI is InChI=1S/C17H22N2O3S/c1-12-3-5-15(6-4-12)23(21,22)11-14-7-9-17(10-8-14)16(20)18-13(2)19-17/h3-6,14H,7-11H2,1-2H3,(H,18,19,20). The molecule has 124 valence electrons. The van der Waals surface area contributed by atoms with Gasteiger partial charge in [-0.2, -0.15) is 0 Å². The van der Waals surface area contributed by atoms with E-state index in [4.69, 9.17) is 0 Å². The summed E-state index contributed by atoms with van der Waals surface area (Å²) in [5, 5.41) is 2.76. The molecule has 5 nitrogen and oxygen atoms in total. The highest BCUT2D eigenvalue weighted by Gasteiger charge is 2.45. The lowest BCUT2D eigenvalue weighted by molar-refractivity contribution is -0.125. The predicted octanol–water partition coefficient (Wildman–Crippen LogP) is 2.25. The summed E-state index contributed by atoms with van der Waals surface area (Å²) in [6.07, 6.45) is 2.69. The fourth-order valence-corrected chi connectivity index (χ4v) is 5.19. The molecule has 1 heterocycles. The van der Waals surface area contributed by atoms with Gasteiger partial charge in [0.05, 0.1) is 10.6 Å². The van der Waals surface area contributed by atoms with Gasteiger partial charge >= 0.3 is 0 Å². The van der Waals surface area contributed by atoms with Crippen LogP contribution in [0.3, 0.4) is 0 Å². The lowest BCUT2D eigenvalue weighted by Gasteiger charge is -2.32. The zero-order chi connectivity index (χ0) is 16.7. The maximum Gasteiger partial charge on any atom is 0.253 e. The van der Waals surface area contributed by atoms with E-state index in [1.807, 2.05) is 19.1 Å². The first-order valence-electron chi connectivity index (χ1n) is 7.98. The molecule has 0 radical (unpaired) electrons. The SMILES string of the molecule is CC1=NC2(CCC(CS(=O)(=O)c3ccc(C)cc3)CC2)C(=O)N1. The van der Waals surface area contributed by atoms with Crippen molar-refractivity contribution in [1.29, 1.82) is 0 Å². The van der Waals surface area contributed by atoms with Gasteiger partial charge in [0.2, 0.25) is 0 Å². The molecule has 2 aliphatic rings. The van der Waals surface area contributed by atoms with Crippen LogP contribution in [-0.4, -0.2) is 31.5 Å². The Labute approximate surface area is 137 Å². The molecule has 1 aliphatic carbocycles. The number of hydrogen-bond acceptors (Lipinski definition) is 4. The molecule has 6 heteroatoms. The molecule has 1 fully saturated rings. The van der Waals surface area contributed by atoms with E-state index in [0.717, 1.165) is 18.4 Å². The van der Waals surface area contributed by atoms with E-state index in [1.54, 1.807) is 19.1 Å². The summed E-state index contributed by atoms with van der Waals surface area (Å²) in [6.45, 7) is 3.73. The van der Waals surface area contributed by atoms with Crippen molar-refractivity contribution in [3.8, 4) is 0 Å². The molecule has 1 N–H and O–H groups in total. The van der Waals surface area contributed by atoms with Crippen molar-refractivity contribution in [2.45, 2.75) is 50.0 Å². The van der Waals surface area contributed by atoms with E-state index >= 15 is 0 Å². The van der Waals surface area contributed by atoms with Gasteiger partial charge in [0, 0.05) is 0 Å². The van der Waals surface area contributed by atoms with E-state index in [1.165, 1.54) is 0 Å². The van der Waals surface area contributed by atoms with Crippen molar-refractivity contribution >= 4 is 21.6 Å². The van der Waals surface area contributed by atoms with Gasteiger partial charge in [-0.25, -0.2) is 8.42 Å². The van der Waals surface area contributed by atoms with Crippen LogP contribution in [-0.2, 0) is 14.6 Å². The number of nitrogens with zero attached hydrogens (tertiary/aromatic N) is 1. The topological polar surface area (TPSA) is 75.6 Å².